The second-order valence-electron chi connectivity index (χ2n) is 20.7. The van der Waals surface area contributed by atoms with Crippen LogP contribution >= 0.6 is 0 Å². The number of nitrogens with zero attached hydrogens (tertiary/aromatic N) is 7. The molecule has 0 saturated carbocycles. The van der Waals surface area contributed by atoms with E-state index in [1.54, 1.807) is 6.20 Å². The van der Waals surface area contributed by atoms with Crippen LogP contribution in [0.15, 0.2) is 177 Å². The number of nitrogens with two attached hydrogens (primary N) is 1. The van der Waals surface area contributed by atoms with Crippen molar-refractivity contribution in [1.82, 2.24) is 34.1 Å². The van der Waals surface area contributed by atoms with E-state index in [1.165, 1.54) is 66.0 Å². The fraction of sp³-hybridized carbons (Fsp3) is 0.136. The minimum absolute atomic E-state index is 0.134. The van der Waals surface area contributed by atoms with Gasteiger partial charge in [0.25, 0.3) is 0 Å². The van der Waals surface area contributed by atoms with Crippen LogP contribution < -0.4 is 5.73 Å². The Morgan fingerprint density at radius 3 is 1.57 bits per heavy atom. The minimum Gasteiger partial charge on any atom is -0.403 e. The molecule has 2 aliphatic carbocycles. The van der Waals surface area contributed by atoms with Crippen LogP contribution in [0.5, 0.6) is 0 Å². The Morgan fingerprint density at radius 1 is 0.500 bits per heavy atom. The summed E-state index contributed by atoms with van der Waals surface area (Å²) in [4.78, 5) is 24.0. The van der Waals surface area contributed by atoms with E-state index in [4.69, 9.17) is 30.7 Å². The third-order valence-electron chi connectivity index (χ3n) is 17.1. The molecule has 2 N–H and O–H groups in total. The lowest BCUT2D eigenvalue weighted by atomic mass is 9.62. The molecular weight excluding hydrogens is 905 g/mol. The smallest absolute Gasteiger partial charge is 0.0970 e. The van der Waals surface area contributed by atoms with Crippen LogP contribution in [0.4, 0.5) is 0 Å². The van der Waals surface area contributed by atoms with Gasteiger partial charge in [0.05, 0.1) is 61.7 Å². The van der Waals surface area contributed by atoms with Crippen molar-refractivity contribution in [2.45, 2.75) is 58.3 Å². The fourth-order valence-electron chi connectivity index (χ4n) is 13.4. The van der Waals surface area contributed by atoms with Crippen molar-refractivity contribution >= 4 is 92.9 Å². The molecule has 15 rings (SSSR count). The molecule has 2 aliphatic rings. The van der Waals surface area contributed by atoms with Crippen molar-refractivity contribution in [2.24, 2.45) is 5.73 Å². The number of benzene rings is 6. The Bertz CT molecular complexity index is 4650. The van der Waals surface area contributed by atoms with Crippen molar-refractivity contribution in [3.05, 3.63) is 199 Å². The number of pyridine rings is 5. The molecule has 13 aromatic rings. The Balaban J connectivity index is 1.04. The van der Waals surface area contributed by atoms with Gasteiger partial charge < -0.3 is 14.9 Å². The Labute approximate surface area is 427 Å². The monoisotopic (exact) mass is 954 g/mol. The molecule has 354 valence electrons. The number of hydrogen-bond donors (Lipinski definition) is 1. The van der Waals surface area contributed by atoms with E-state index < -0.39 is 0 Å². The van der Waals surface area contributed by atoms with E-state index >= 15 is 0 Å². The van der Waals surface area contributed by atoms with E-state index in [0.717, 1.165) is 88.3 Å². The molecule has 0 radical (unpaired) electrons. The third kappa shape index (κ3) is 5.70. The second kappa shape index (κ2) is 15.7. The predicted octanol–water partition coefficient (Wildman–Crippen LogP) is 16.3. The van der Waals surface area contributed by atoms with E-state index in [-0.39, 0.29) is 23.7 Å². The van der Waals surface area contributed by atoms with Crippen LogP contribution in [0.25, 0.3) is 132 Å². The van der Waals surface area contributed by atoms with Crippen molar-refractivity contribution in [3.63, 3.8) is 0 Å². The maximum atomic E-state index is 6.70. The lowest BCUT2D eigenvalue weighted by molar-refractivity contribution is 0.584. The van der Waals surface area contributed by atoms with E-state index in [2.05, 4.69) is 153 Å². The minimum atomic E-state index is 0.134. The highest BCUT2D eigenvalue weighted by molar-refractivity contribution is 6.20. The number of allylic oxidation sites excluding steroid dienone is 3. The van der Waals surface area contributed by atoms with E-state index in [0.29, 0.717) is 0 Å². The molecule has 0 bridgehead atoms. The van der Waals surface area contributed by atoms with Gasteiger partial charge in [-0.1, -0.05) is 70.2 Å². The van der Waals surface area contributed by atoms with Crippen molar-refractivity contribution in [2.75, 3.05) is 0 Å². The van der Waals surface area contributed by atoms with Gasteiger partial charge in [0, 0.05) is 80.3 Å². The quantitative estimate of drug-likeness (QED) is 0.136. The summed E-state index contributed by atoms with van der Waals surface area (Å²) < 4.78 is 4.94. The van der Waals surface area contributed by atoms with Crippen molar-refractivity contribution in [1.29, 1.82) is 0 Å². The first-order valence-electron chi connectivity index (χ1n) is 25.8. The topological polar surface area (TPSA) is 100 Å². The summed E-state index contributed by atoms with van der Waals surface area (Å²) in [5.74, 6) is 0.755. The van der Waals surface area contributed by atoms with Crippen LogP contribution in [-0.4, -0.2) is 34.1 Å². The molecule has 7 heterocycles. The lowest BCUT2D eigenvalue weighted by Crippen LogP contribution is -2.24. The summed E-state index contributed by atoms with van der Waals surface area (Å²) >= 11 is 0. The van der Waals surface area contributed by atoms with Crippen molar-refractivity contribution in [3.8, 4) is 39.1 Å². The number of fused-ring (bicyclic) bond motifs is 14. The van der Waals surface area contributed by atoms with Gasteiger partial charge in [-0.25, -0.2) is 0 Å². The largest absolute Gasteiger partial charge is 0.403 e. The molecule has 0 fully saturated rings. The average molecular weight is 955 g/mol. The highest BCUT2D eigenvalue weighted by Crippen LogP contribution is 2.61. The zero-order valence-corrected chi connectivity index (χ0v) is 41.8. The molecule has 7 aromatic heterocycles. The molecule has 0 spiro atoms. The van der Waals surface area contributed by atoms with Crippen LogP contribution in [0, 0.1) is 0 Å². The molecule has 8 heteroatoms. The molecule has 4 atom stereocenters. The molecule has 8 nitrogen and oxygen atoms in total. The molecule has 0 saturated heterocycles. The molecule has 6 aromatic carbocycles. The van der Waals surface area contributed by atoms with E-state index in [9.17, 15) is 0 Å². The first-order chi connectivity index (χ1) is 36.3. The van der Waals surface area contributed by atoms with Gasteiger partial charge in [-0.05, 0) is 177 Å². The molecule has 0 aliphatic heterocycles. The number of rotatable bonds is 5. The summed E-state index contributed by atoms with van der Waals surface area (Å²) in [6.07, 6.45) is 17.3. The van der Waals surface area contributed by atoms with Crippen LogP contribution in [-0.2, 0) is 0 Å². The fourth-order valence-corrected chi connectivity index (χ4v) is 13.4. The highest BCUT2D eigenvalue weighted by Gasteiger charge is 2.42. The molecule has 4 unspecified atom stereocenters. The van der Waals surface area contributed by atoms with Gasteiger partial charge in [-0.2, -0.15) is 0 Å². The van der Waals surface area contributed by atoms with Gasteiger partial charge in [0.1, 0.15) is 0 Å². The summed E-state index contributed by atoms with van der Waals surface area (Å²) in [5, 5.41) is 9.27. The zero-order valence-electron chi connectivity index (χ0n) is 41.8. The second-order valence-corrected chi connectivity index (χ2v) is 20.7. The Kier molecular flexibility index (Phi) is 9.07. The highest BCUT2D eigenvalue weighted by atomic mass is 15.0. The summed E-state index contributed by atoms with van der Waals surface area (Å²) in [5.41, 5.74) is 30.1. The van der Waals surface area contributed by atoms with Gasteiger partial charge in [0.15, 0.2) is 0 Å². The van der Waals surface area contributed by atoms with Crippen LogP contribution in [0.2, 0.25) is 0 Å². The van der Waals surface area contributed by atoms with Gasteiger partial charge in [0.2, 0.25) is 0 Å². The maximum absolute atomic E-state index is 6.70. The Morgan fingerprint density at radius 2 is 1.01 bits per heavy atom. The summed E-state index contributed by atoms with van der Waals surface area (Å²) in [6.45, 7) is 11.9. The Hall–Kier alpha value is -9.01. The molecule has 0 amide bonds. The molecule has 74 heavy (non-hydrogen) atoms. The normalized spacial score (nSPS) is 17.6. The SMILES string of the molecule is C/C=C\C(=C/N)n1c2ccc(-c3cc4cccnc4c4ncccc34)cc2c2cc3c4c(c21)C(C)C(C)c1c-4c(cc2c4cc(-c5cc6cccnc6c6ncccc56)ccc4n(-c4cccnc4)c12)C(C)C3C. The van der Waals surface area contributed by atoms with Crippen molar-refractivity contribution < 1.29 is 0 Å². The first kappa shape index (κ1) is 42.7. The summed E-state index contributed by atoms with van der Waals surface area (Å²) in [6, 6.07) is 44.7. The van der Waals surface area contributed by atoms with Crippen LogP contribution in [0.3, 0.4) is 0 Å². The third-order valence-corrected chi connectivity index (χ3v) is 17.1. The van der Waals surface area contributed by atoms with E-state index in [1.807, 2.05) is 61.4 Å². The van der Waals surface area contributed by atoms with Crippen LogP contribution in [0.1, 0.15) is 80.5 Å². The lowest BCUT2D eigenvalue weighted by Gasteiger charge is -2.42. The van der Waals surface area contributed by atoms with Gasteiger partial charge in [-0.3, -0.25) is 24.9 Å². The number of aromatic nitrogens is 7. The van der Waals surface area contributed by atoms with Gasteiger partial charge >= 0.3 is 0 Å². The standard InChI is InChI=1S/C66H50N8/c1-6-12-43(33-67)73-55-20-18-39(49-29-41-13-7-23-69-61(41)63-45(49)16-10-25-71-63)27-51(55)53-31-47-35(2)36(3)48-32-54-52-28-40(50-30-42-14-8-24-70-62(42)64-46(50)17-11-26-72-64)19-21-56(52)74(44-15-9-22-68-34-44)66(54)58-38(5)37(4)57(65(53)73)59(47)60(48)58/h6-38H,67H2,1-5H3/b12-6-,43-33+. The first-order valence-corrected chi connectivity index (χ1v) is 25.8. The number of hydrogen-bond acceptors (Lipinski definition) is 6. The van der Waals surface area contributed by atoms with Gasteiger partial charge in [-0.15, -0.1) is 0 Å². The average Bonchev–Trinajstić information content (AvgIpc) is 4.10. The zero-order chi connectivity index (χ0) is 49.7. The molecular formula is C66H50N8. The predicted molar refractivity (Wildman–Crippen MR) is 306 cm³/mol. The maximum Gasteiger partial charge on any atom is 0.0970 e. The summed E-state index contributed by atoms with van der Waals surface area (Å²) in [7, 11) is 0.